The summed E-state index contributed by atoms with van der Waals surface area (Å²) in [7, 11) is 0. The molecule has 0 aromatic carbocycles. The largest absolute Gasteiger partial charge is 0.384 e. The zero-order valence-corrected chi connectivity index (χ0v) is 10.8. The van der Waals surface area contributed by atoms with Crippen LogP contribution in [0.2, 0.25) is 0 Å². The summed E-state index contributed by atoms with van der Waals surface area (Å²) < 4.78 is 0. The van der Waals surface area contributed by atoms with Crippen LogP contribution in [0.25, 0.3) is 0 Å². The second-order valence-corrected chi connectivity index (χ2v) is 4.82. The number of hydrogen-bond donors (Lipinski definition) is 2. The Morgan fingerprint density at radius 2 is 2.41 bits per heavy atom. The van der Waals surface area contributed by atoms with Gasteiger partial charge in [-0.15, -0.1) is 6.58 Å². The van der Waals surface area contributed by atoms with Crippen LogP contribution >= 0.6 is 11.8 Å². The molecule has 92 valence electrons. The van der Waals surface area contributed by atoms with Crippen LogP contribution in [0.3, 0.4) is 0 Å². The summed E-state index contributed by atoms with van der Waals surface area (Å²) in [5.41, 5.74) is 6.40. The van der Waals surface area contributed by atoms with Gasteiger partial charge in [0.05, 0.1) is 5.25 Å². The molecular weight excluding hydrogens is 236 g/mol. The van der Waals surface area contributed by atoms with E-state index in [0.717, 1.165) is 5.69 Å². The van der Waals surface area contributed by atoms with Gasteiger partial charge in [-0.05, 0) is 13.8 Å². The van der Waals surface area contributed by atoms with Gasteiger partial charge in [-0.2, -0.15) is 0 Å². The second kappa shape index (κ2) is 6.24. The van der Waals surface area contributed by atoms with Crippen LogP contribution < -0.4 is 11.1 Å². The van der Waals surface area contributed by atoms with Crippen molar-refractivity contribution in [2.24, 2.45) is 0 Å². The van der Waals surface area contributed by atoms with Crippen molar-refractivity contribution in [3.05, 3.63) is 24.4 Å². The highest BCUT2D eigenvalue weighted by molar-refractivity contribution is 8.00. The first kappa shape index (κ1) is 13.5. The van der Waals surface area contributed by atoms with Crippen LogP contribution in [0.5, 0.6) is 0 Å². The van der Waals surface area contributed by atoms with Crippen molar-refractivity contribution in [3.63, 3.8) is 0 Å². The number of carbonyl (C=O) groups excluding carboxylic acids is 1. The maximum Gasteiger partial charge on any atom is 0.233 e. The Morgan fingerprint density at radius 1 is 1.71 bits per heavy atom. The molecule has 0 aliphatic carbocycles. The summed E-state index contributed by atoms with van der Waals surface area (Å²) in [5, 5.41) is 2.97. The quantitative estimate of drug-likeness (QED) is 0.467. The second-order valence-electron chi connectivity index (χ2n) is 3.51. The Morgan fingerprint density at radius 3 is 3.00 bits per heavy atom. The number of thioether (sulfide) groups is 1. The lowest BCUT2D eigenvalue weighted by molar-refractivity contribution is -0.120. The third-order valence-corrected chi connectivity index (χ3v) is 2.89. The molecule has 0 aliphatic heterocycles. The van der Waals surface area contributed by atoms with Crippen molar-refractivity contribution >= 4 is 23.5 Å². The van der Waals surface area contributed by atoms with Crippen molar-refractivity contribution in [2.45, 2.75) is 24.3 Å². The summed E-state index contributed by atoms with van der Waals surface area (Å²) in [6, 6.07) is 1.69. The summed E-state index contributed by atoms with van der Waals surface area (Å²) in [4.78, 5) is 19.9. The summed E-state index contributed by atoms with van der Waals surface area (Å²) in [6.07, 6.45) is 1.64. The Balaban J connectivity index is 2.63. The number of amides is 1. The zero-order valence-electron chi connectivity index (χ0n) is 9.93. The molecule has 0 aliphatic rings. The van der Waals surface area contributed by atoms with E-state index in [1.807, 2.05) is 6.92 Å². The molecule has 1 heterocycles. The number of aromatic nitrogens is 2. The number of aryl methyl sites for hydroxylation is 1. The molecular formula is C11H16N4OS. The Hall–Kier alpha value is -1.56. The first-order valence-corrected chi connectivity index (χ1v) is 6.07. The van der Waals surface area contributed by atoms with Gasteiger partial charge in [0.1, 0.15) is 5.82 Å². The molecule has 0 bridgehead atoms. The van der Waals surface area contributed by atoms with Crippen LogP contribution in [0.1, 0.15) is 12.6 Å². The van der Waals surface area contributed by atoms with E-state index in [1.165, 1.54) is 11.8 Å². The number of nitrogens with zero attached hydrogens (tertiary/aromatic N) is 2. The van der Waals surface area contributed by atoms with Crippen LogP contribution in [-0.4, -0.2) is 27.7 Å². The van der Waals surface area contributed by atoms with E-state index in [1.54, 1.807) is 19.1 Å². The SMILES string of the molecule is C=CCNC(=O)[C@@H](C)Sc1nc(C)cc(N)n1. The lowest BCUT2D eigenvalue weighted by Crippen LogP contribution is -2.31. The third kappa shape index (κ3) is 4.44. The molecule has 1 aromatic heterocycles. The van der Waals surface area contributed by atoms with E-state index in [4.69, 9.17) is 5.73 Å². The molecule has 0 saturated carbocycles. The van der Waals surface area contributed by atoms with Gasteiger partial charge in [-0.3, -0.25) is 4.79 Å². The van der Waals surface area contributed by atoms with Gasteiger partial charge >= 0.3 is 0 Å². The summed E-state index contributed by atoms with van der Waals surface area (Å²) >= 11 is 1.28. The smallest absolute Gasteiger partial charge is 0.233 e. The number of rotatable bonds is 5. The summed E-state index contributed by atoms with van der Waals surface area (Å²) in [6.45, 7) is 7.63. The molecule has 6 heteroatoms. The van der Waals surface area contributed by atoms with Gasteiger partial charge in [-0.1, -0.05) is 17.8 Å². The normalized spacial score (nSPS) is 11.9. The average Bonchev–Trinajstić information content (AvgIpc) is 2.24. The van der Waals surface area contributed by atoms with Crippen LogP contribution in [-0.2, 0) is 4.79 Å². The van der Waals surface area contributed by atoms with E-state index < -0.39 is 0 Å². The first-order valence-electron chi connectivity index (χ1n) is 5.19. The zero-order chi connectivity index (χ0) is 12.8. The van der Waals surface area contributed by atoms with Crippen molar-refractivity contribution < 1.29 is 4.79 Å². The van der Waals surface area contributed by atoms with Crippen LogP contribution in [0.15, 0.2) is 23.9 Å². The van der Waals surface area contributed by atoms with E-state index in [-0.39, 0.29) is 11.2 Å². The molecule has 0 saturated heterocycles. The van der Waals surface area contributed by atoms with E-state index in [2.05, 4.69) is 21.9 Å². The predicted molar refractivity (Wildman–Crippen MR) is 69.7 cm³/mol. The number of hydrogen-bond acceptors (Lipinski definition) is 5. The monoisotopic (exact) mass is 252 g/mol. The lowest BCUT2D eigenvalue weighted by Gasteiger charge is -2.10. The summed E-state index contributed by atoms with van der Waals surface area (Å²) in [5.74, 6) is 0.345. The van der Waals surface area contributed by atoms with Crippen LogP contribution in [0, 0.1) is 6.92 Å². The topological polar surface area (TPSA) is 80.9 Å². The Bertz CT molecular complexity index is 402. The van der Waals surface area contributed by atoms with Gasteiger partial charge in [-0.25, -0.2) is 9.97 Å². The fourth-order valence-electron chi connectivity index (χ4n) is 1.15. The minimum atomic E-state index is -0.267. The van der Waals surface area contributed by atoms with E-state index in [0.29, 0.717) is 17.5 Å². The Kier molecular flexibility index (Phi) is 4.96. The standard InChI is InChI=1S/C11H16N4OS/c1-4-5-13-10(16)8(3)17-11-14-7(2)6-9(12)15-11/h4,6,8H,1,5H2,2-3H3,(H,13,16)(H2,12,14,15)/t8-/m1/s1. The highest BCUT2D eigenvalue weighted by Crippen LogP contribution is 2.20. The molecule has 1 rings (SSSR count). The Labute approximate surface area is 105 Å². The van der Waals surface area contributed by atoms with Crippen LogP contribution in [0.4, 0.5) is 5.82 Å². The van der Waals surface area contributed by atoms with Crippen molar-refractivity contribution in [2.75, 3.05) is 12.3 Å². The molecule has 3 N–H and O–H groups in total. The third-order valence-electron chi connectivity index (χ3n) is 1.93. The number of nitrogens with one attached hydrogen (secondary N) is 1. The minimum absolute atomic E-state index is 0.0708. The molecule has 1 aromatic rings. The number of nitrogen functional groups attached to an aromatic ring is 1. The molecule has 5 nitrogen and oxygen atoms in total. The van der Waals surface area contributed by atoms with E-state index >= 15 is 0 Å². The fraction of sp³-hybridized carbons (Fsp3) is 0.364. The highest BCUT2D eigenvalue weighted by atomic mass is 32.2. The molecule has 0 unspecified atom stereocenters. The fourth-order valence-corrected chi connectivity index (χ4v) is 2.01. The van der Waals surface area contributed by atoms with Crippen molar-refractivity contribution in [1.82, 2.24) is 15.3 Å². The van der Waals surface area contributed by atoms with Gasteiger partial charge < -0.3 is 11.1 Å². The molecule has 17 heavy (non-hydrogen) atoms. The number of carbonyl (C=O) groups is 1. The van der Waals surface area contributed by atoms with Crippen molar-refractivity contribution in [3.8, 4) is 0 Å². The number of nitrogens with two attached hydrogens (primary N) is 1. The average molecular weight is 252 g/mol. The molecule has 0 spiro atoms. The van der Waals surface area contributed by atoms with Gasteiger partial charge in [0.15, 0.2) is 5.16 Å². The van der Waals surface area contributed by atoms with Gasteiger partial charge in [0, 0.05) is 18.3 Å². The molecule has 0 radical (unpaired) electrons. The van der Waals surface area contributed by atoms with E-state index in [9.17, 15) is 4.79 Å². The maximum absolute atomic E-state index is 11.6. The lowest BCUT2D eigenvalue weighted by atomic mass is 10.4. The number of anilines is 1. The molecule has 0 fully saturated rings. The molecule has 1 atom stereocenters. The molecule has 1 amide bonds. The first-order chi connectivity index (χ1) is 8.02. The minimum Gasteiger partial charge on any atom is -0.384 e. The van der Waals surface area contributed by atoms with Gasteiger partial charge in [0.25, 0.3) is 0 Å². The van der Waals surface area contributed by atoms with Gasteiger partial charge in [0.2, 0.25) is 5.91 Å². The van der Waals surface area contributed by atoms with Crippen molar-refractivity contribution in [1.29, 1.82) is 0 Å². The highest BCUT2D eigenvalue weighted by Gasteiger charge is 2.15. The maximum atomic E-state index is 11.6. The predicted octanol–water partition coefficient (Wildman–Crippen LogP) is 1.15.